The number of likely N-dealkylation sites (tertiary alicyclic amines) is 1. The lowest BCUT2D eigenvalue weighted by atomic mass is 10.1. The van der Waals surface area contributed by atoms with Crippen LogP contribution in [0.5, 0.6) is 0 Å². The van der Waals surface area contributed by atoms with Gasteiger partial charge in [0.2, 0.25) is 5.91 Å². The van der Waals surface area contributed by atoms with E-state index in [2.05, 4.69) is 71.0 Å². The number of fused-ring (bicyclic) bond motifs is 1. The van der Waals surface area contributed by atoms with Crippen LogP contribution in [0.2, 0.25) is 0 Å². The molecule has 2 aliphatic heterocycles. The lowest BCUT2D eigenvalue weighted by Crippen LogP contribution is -2.37. The first-order valence-electron chi connectivity index (χ1n) is 11.2. The fourth-order valence-electron chi connectivity index (χ4n) is 4.97. The number of amidine groups is 1. The second-order valence-corrected chi connectivity index (χ2v) is 8.40. The van der Waals surface area contributed by atoms with E-state index in [1.165, 1.54) is 11.6 Å². The fraction of sp³-hybridized carbons (Fsp3) is 0.385. The first-order chi connectivity index (χ1) is 15.5. The van der Waals surface area contributed by atoms with Crippen molar-refractivity contribution in [3.05, 3.63) is 65.9 Å². The van der Waals surface area contributed by atoms with Gasteiger partial charge in [-0.25, -0.2) is 4.99 Å². The highest BCUT2D eigenvalue weighted by Gasteiger charge is 2.38. The zero-order valence-electron chi connectivity index (χ0n) is 19.1. The smallest absolute Gasteiger partial charge is 0.246 e. The minimum absolute atomic E-state index is 0.0147. The quantitative estimate of drug-likeness (QED) is 0.580. The molecule has 2 aliphatic rings. The van der Waals surface area contributed by atoms with E-state index in [0.717, 1.165) is 29.9 Å². The zero-order chi connectivity index (χ0) is 22.8. The Morgan fingerprint density at radius 2 is 2.12 bits per heavy atom. The summed E-state index contributed by atoms with van der Waals surface area (Å²) in [5.74, 6) is 7.89. The number of nitrogens with zero attached hydrogens (tertiary/aromatic N) is 4. The molecule has 1 fully saturated rings. The average Bonchev–Trinajstić information content (AvgIpc) is 3.41. The van der Waals surface area contributed by atoms with Gasteiger partial charge in [0, 0.05) is 12.6 Å². The predicted octanol–water partition coefficient (Wildman–Crippen LogP) is 3.84. The molecular formula is C26H31N5O. The van der Waals surface area contributed by atoms with E-state index in [0.29, 0.717) is 19.0 Å². The Balaban J connectivity index is 1.83. The molecular weight excluding hydrogens is 398 g/mol. The van der Waals surface area contributed by atoms with E-state index in [9.17, 15) is 4.79 Å². The monoisotopic (exact) mass is 429 g/mol. The van der Waals surface area contributed by atoms with Crippen molar-refractivity contribution in [2.24, 2.45) is 10.7 Å². The number of carbonyl (C=O) groups is 1. The molecule has 3 heterocycles. The van der Waals surface area contributed by atoms with Gasteiger partial charge in [-0.1, -0.05) is 49.8 Å². The molecule has 0 unspecified atom stereocenters. The number of hydrogen-bond acceptors (Lipinski definition) is 4. The van der Waals surface area contributed by atoms with Crippen molar-refractivity contribution >= 4 is 17.6 Å². The summed E-state index contributed by atoms with van der Waals surface area (Å²) in [7, 11) is 0. The van der Waals surface area contributed by atoms with Crippen LogP contribution in [0.15, 0.2) is 54.0 Å². The highest BCUT2D eigenvalue weighted by atomic mass is 16.2. The lowest BCUT2D eigenvalue weighted by molar-refractivity contribution is -0.126. The molecule has 1 amide bonds. The van der Waals surface area contributed by atoms with Gasteiger partial charge in [0.1, 0.15) is 18.3 Å². The summed E-state index contributed by atoms with van der Waals surface area (Å²) in [4.78, 5) is 21.4. The van der Waals surface area contributed by atoms with E-state index >= 15 is 0 Å². The van der Waals surface area contributed by atoms with Crippen molar-refractivity contribution in [2.75, 3.05) is 18.1 Å². The molecule has 1 aromatic carbocycles. The normalized spacial score (nSPS) is 20.8. The molecule has 4 rings (SSSR count). The van der Waals surface area contributed by atoms with Gasteiger partial charge in [0.05, 0.1) is 23.3 Å². The molecule has 2 aromatic rings. The molecule has 1 aromatic heterocycles. The summed E-state index contributed by atoms with van der Waals surface area (Å²) in [5.41, 5.74) is 9.40. The van der Waals surface area contributed by atoms with Gasteiger partial charge in [-0.05, 0) is 50.3 Å². The molecule has 32 heavy (non-hydrogen) atoms. The largest absolute Gasteiger partial charge is 0.383 e. The molecule has 0 bridgehead atoms. The summed E-state index contributed by atoms with van der Waals surface area (Å²) in [5, 5.41) is 0. The van der Waals surface area contributed by atoms with Crippen molar-refractivity contribution in [3.63, 3.8) is 0 Å². The zero-order valence-corrected chi connectivity index (χ0v) is 19.1. The van der Waals surface area contributed by atoms with Gasteiger partial charge in [0.15, 0.2) is 0 Å². The maximum Gasteiger partial charge on any atom is 0.246 e. The first-order valence-corrected chi connectivity index (χ1v) is 11.2. The van der Waals surface area contributed by atoms with Gasteiger partial charge >= 0.3 is 0 Å². The summed E-state index contributed by atoms with van der Waals surface area (Å²) < 4.78 is 2.30. The van der Waals surface area contributed by atoms with Crippen molar-refractivity contribution in [1.82, 2.24) is 9.47 Å². The molecule has 0 spiro atoms. The van der Waals surface area contributed by atoms with Crippen LogP contribution < -0.4 is 10.6 Å². The topological polar surface area (TPSA) is 66.9 Å². The predicted molar refractivity (Wildman–Crippen MR) is 130 cm³/mol. The Morgan fingerprint density at radius 1 is 1.38 bits per heavy atom. The van der Waals surface area contributed by atoms with Crippen LogP contribution in [0.25, 0.3) is 0 Å². The molecule has 0 saturated carbocycles. The van der Waals surface area contributed by atoms with Crippen molar-refractivity contribution < 1.29 is 4.79 Å². The summed E-state index contributed by atoms with van der Waals surface area (Å²) in [6, 6.07) is 12.9. The van der Waals surface area contributed by atoms with Crippen LogP contribution in [-0.2, 0) is 4.79 Å². The summed E-state index contributed by atoms with van der Waals surface area (Å²) in [6.45, 7) is 11.0. The number of amides is 1. The first kappa shape index (κ1) is 21.8. The van der Waals surface area contributed by atoms with Gasteiger partial charge in [0.25, 0.3) is 0 Å². The third-order valence-electron chi connectivity index (χ3n) is 6.64. The van der Waals surface area contributed by atoms with E-state index in [4.69, 9.17) is 5.73 Å². The average molecular weight is 430 g/mol. The summed E-state index contributed by atoms with van der Waals surface area (Å²) >= 11 is 0. The van der Waals surface area contributed by atoms with Crippen LogP contribution in [0.1, 0.15) is 62.5 Å². The van der Waals surface area contributed by atoms with Crippen LogP contribution in [0.4, 0.5) is 5.82 Å². The fourth-order valence-corrected chi connectivity index (χ4v) is 4.97. The Bertz CT molecular complexity index is 1100. The van der Waals surface area contributed by atoms with Crippen LogP contribution >= 0.6 is 0 Å². The SMILES string of the molecule is C=CC(=O)N1C[C@H](n2c(C#CC)cc3c2N([C@H](C)c2ccccc2)CN=C3N)C[C@@H]1CC. The van der Waals surface area contributed by atoms with Crippen molar-refractivity contribution in [1.29, 1.82) is 0 Å². The van der Waals surface area contributed by atoms with E-state index in [1.54, 1.807) is 0 Å². The van der Waals surface area contributed by atoms with Crippen LogP contribution in [0, 0.1) is 11.8 Å². The highest BCUT2D eigenvalue weighted by molar-refractivity contribution is 6.04. The molecule has 0 radical (unpaired) electrons. The van der Waals surface area contributed by atoms with Crippen molar-refractivity contribution in [2.45, 2.75) is 51.7 Å². The summed E-state index contributed by atoms with van der Waals surface area (Å²) in [6.07, 6.45) is 3.19. The number of nitrogens with two attached hydrogens (primary N) is 1. The standard InChI is InChI=1S/C26H31N5O/c1-5-11-21-15-23-25(27)28-17-30(18(4)19-12-9-8-10-13-19)26(23)31(21)22-14-20(6-2)29(16-22)24(32)7-3/h7-10,12-13,15,18,20,22H,3,6,14,16-17H2,1-2,4H3,(H2,27,28)/t18-,20+,22-/m1/s1. The second-order valence-electron chi connectivity index (χ2n) is 8.40. The maximum absolute atomic E-state index is 12.5. The van der Waals surface area contributed by atoms with Gasteiger partial charge in [-0.3, -0.25) is 4.79 Å². The van der Waals surface area contributed by atoms with Gasteiger partial charge in [-0.15, -0.1) is 0 Å². The Hall–Kier alpha value is -3.46. The molecule has 0 aliphatic carbocycles. The number of anilines is 1. The number of carbonyl (C=O) groups excluding carboxylic acids is 1. The minimum Gasteiger partial charge on any atom is -0.383 e. The highest BCUT2D eigenvalue weighted by Crippen LogP contribution is 2.40. The molecule has 6 heteroatoms. The minimum atomic E-state index is -0.0147. The third-order valence-corrected chi connectivity index (χ3v) is 6.64. The van der Waals surface area contributed by atoms with Crippen molar-refractivity contribution in [3.8, 4) is 11.8 Å². The van der Waals surface area contributed by atoms with E-state index in [-0.39, 0.29) is 24.0 Å². The third kappa shape index (κ3) is 3.69. The molecule has 3 atom stereocenters. The second kappa shape index (κ2) is 8.96. The lowest BCUT2D eigenvalue weighted by Gasteiger charge is -2.35. The van der Waals surface area contributed by atoms with Crippen LogP contribution in [0.3, 0.4) is 0 Å². The number of aromatic nitrogens is 1. The Labute approximate surface area is 190 Å². The number of hydrogen-bond donors (Lipinski definition) is 1. The van der Waals surface area contributed by atoms with E-state index < -0.39 is 0 Å². The van der Waals surface area contributed by atoms with Gasteiger partial charge in [-0.2, -0.15) is 0 Å². The molecule has 1 saturated heterocycles. The maximum atomic E-state index is 12.5. The molecule has 2 N–H and O–H groups in total. The van der Waals surface area contributed by atoms with Crippen LogP contribution in [-0.4, -0.2) is 40.5 Å². The molecule has 6 nitrogen and oxygen atoms in total. The number of benzene rings is 1. The number of aliphatic imine (C=N–C) groups is 1. The number of rotatable bonds is 5. The Kier molecular flexibility index (Phi) is 6.09. The molecule has 166 valence electrons. The van der Waals surface area contributed by atoms with Gasteiger partial charge < -0.3 is 20.1 Å². The Morgan fingerprint density at radius 3 is 2.78 bits per heavy atom. The van der Waals surface area contributed by atoms with E-state index in [1.807, 2.05) is 24.0 Å².